The Kier molecular flexibility index (Phi) is 4.28. The molecule has 1 saturated heterocycles. The van der Waals surface area contributed by atoms with Crippen LogP contribution < -0.4 is 5.32 Å². The second-order valence-corrected chi connectivity index (χ2v) is 6.09. The van der Waals surface area contributed by atoms with Crippen LogP contribution in [0.5, 0.6) is 0 Å². The Morgan fingerprint density at radius 3 is 2.31 bits per heavy atom. The molecule has 1 rings (SSSR count). The molecule has 1 heterocycles. The molecule has 2 atom stereocenters. The first-order chi connectivity index (χ1) is 7.35. The minimum Gasteiger partial charge on any atom is -0.468 e. The Balaban J connectivity index is 2.71. The zero-order chi connectivity index (χ0) is 12.3. The molecule has 0 saturated carbocycles. The van der Waals surface area contributed by atoms with Gasteiger partial charge in [-0.05, 0) is 13.8 Å². The van der Waals surface area contributed by atoms with E-state index in [-0.39, 0.29) is 12.1 Å². The maximum atomic E-state index is 11.8. The summed E-state index contributed by atoms with van der Waals surface area (Å²) in [5, 5.41) is 3.23. The maximum Gasteiger partial charge on any atom is 0.322 e. The number of hydrogen-bond donors (Lipinski definition) is 1. The Hall–Kier alpha value is -0.660. The average molecular weight is 250 g/mol. The van der Waals surface area contributed by atoms with Crippen LogP contribution in [0, 0.1) is 0 Å². The molecule has 0 aromatic rings. The molecule has 6 nitrogen and oxygen atoms in total. The monoisotopic (exact) mass is 250 g/mol. The molecular weight excluding hydrogens is 232 g/mol. The van der Waals surface area contributed by atoms with Crippen molar-refractivity contribution in [3.05, 3.63) is 0 Å². The highest BCUT2D eigenvalue weighted by Gasteiger charge is 2.31. The van der Waals surface area contributed by atoms with Gasteiger partial charge in [0.05, 0.1) is 7.11 Å². The zero-order valence-electron chi connectivity index (χ0n) is 9.76. The van der Waals surface area contributed by atoms with E-state index in [4.69, 9.17) is 0 Å². The molecule has 16 heavy (non-hydrogen) atoms. The summed E-state index contributed by atoms with van der Waals surface area (Å²) in [7, 11) is -2.36. The summed E-state index contributed by atoms with van der Waals surface area (Å²) >= 11 is 0. The molecule has 1 N–H and O–H groups in total. The van der Waals surface area contributed by atoms with Gasteiger partial charge < -0.3 is 10.1 Å². The summed E-state index contributed by atoms with van der Waals surface area (Å²) in [4.78, 5) is 11.0. The quantitative estimate of drug-likeness (QED) is 0.662. The normalized spacial score (nSPS) is 27.7. The van der Waals surface area contributed by atoms with Crippen molar-refractivity contribution in [1.82, 2.24) is 9.62 Å². The summed E-state index contributed by atoms with van der Waals surface area (Å²) in [6, 6.07) is 0.187. The standard InChI is InChI=1S/C9H18N2O4S/c1-7-4-11(5-8(2)10-7)16(13,14)6-9(12)15-3/h7-8,10H,4-6H2,1-3H3. The predicted octanol–water partition coefficient (Wildman–Crippen LogP) is -0.829. The van der Waals surface area contributed by atoms with E-state index in [0.29, 0.717) is 13.1 Å². The van der Waals surface area contributed by atoms with E-state index >= 15 is 0 Å². The number of rotatable bonds is 3. The van der Waals surface area contributed by atoms with E-state index in [2.05, 4.69) is 10.1 Å². The van der Waals surface area contributed by atoms with Gasteiger partial charge in [-0.25, -0.2) is 8.42 Å². The van der Waals surface area contributed by atoms with E-state index in [0.717, 1.165) is 0 Å². The fourth-order valence-electron chi connectivity index (χ4n) is 1.80. The van der Waals surface area contributed by atoms with Crippen LogP contribution >= 0.6 is 0 Å². The van der Waals surface area contributed by atoms with Crippen molar-refractivity contribution in [1.29, 1.82) is 0 Å². The lowest BCUT2D eigenvalue weighted by atomic mass is 10.2. The van der Waals surface area contributed by atoms with E-state index in [1.165, 1.54) is 11.4 Å². The van der Waals surface area contributed by atoms with Crippen molar-refractivity contribution >= 4 is 16.0 Å². The number of hydrogen-bond acceptors (Lipinski definition) is 5. The summed E-state index contributed by atoms with van der Waals surface area (Å²) in [5.41, 5.74) is 0. The van der Waals surface area contributed by atoms with Gasteiger partial charge >= 0.3 is 5.97 Å². The molecule has 0 aromatic carbocycles. The summed E-state index contributed by atoms with van der Waals surface area (Å²) in [5.74, 6) is -1.30. The first-order valence-corrected chi connectivity index (χ1v) is 6.76. The van der Waals surface area contributed by atoms with Gasteiger partial charge in [0.25, 0.3) is 0 Å². The number of piperazine rings is 1. The topological polar surface area (TPSA) is 75.7 Å². The Labute approximate surface area is 96.0 Å². The molecule has 1 fully saturated rings. The van der Waals surface area contributed by atoms with Crippen molar-refractivity contribution in [2.24, 2.45) is 0 Å². The molecule has 0 aromatic heterocycles. The molecule has 0 radical (unpaired) electrons. The lowest BCUT2D eigenvalue weighted by Crippen LogP contribution is -2.56. The van der Waals surface area contributed by atoms with Gasteiger partial charge in [0, 0.05) is 25.2 Å². The third-order valence-corrected chi connectivity index (χ3v) is 4.13. The second-order valence-electron chi connectivity index (χ2n) is 4.12. The van der Waals surface area contributed by atoms with E-state index in [1.807, 2.05) is 13.8 Å². The van der Waals surface area contributed by atoms with E-state index in [9.17, 15) is 13.2 Å². The first-order valence-electron chi connectivity index (χ1n) is 5.16. The van der Waals surface area contributed by atoms with Gasteiger partial charge in [0.2, 0.25) is 10.0 Å². The van der Waals surface area contributed by atoms with Gasteiger partial charge in [0.15, 0.2) is 5.75 Å². The van der Waals surface area contributed by atoms with Gasteiger partial charge in [-0.1, -0.05) is 0 Å². The highest BCUT2D eigenvalue weighted by molar-refractivity contribution is 7.89. The number of esters is 1. The number of carbonyl (C=O) groups excluding carboxylic acids is 1. The fourth-order valence-corrected chi connectivity index (χ4v) is 3.30. The number of ether oxygens (including phenoxy) is 1. The predicted molar refractivity (Wildman–Crippen MR) is 59.4 cm³/mol. The van der Waals surface area contributed by atoms with Crippen LogP contribution in [0.2, 0.25) is 0 Å². The SMILES string of the molecule is COC(=O)CS(=O)(=O)N1CC(C)NC(C)C1. The van der Waals surface area contributed by atoms with Crippen molar-refractivity contribution < 1.29 is 17.9 Å². The minimum atomic E-state index is -3.54. The van der Waals surface area contributed by atoms with Crippen LogP contribution in [0.4, 0.5) is 0 Å². The first kappa shape index (κ1) is 13.4. The molecule has 0 bridgehead atoms. The van der Waals surface area contributed by atoms with Crippen molar-refractivity contribution in [2.75, 3.05) is 26.0 Å². The molecule has 0 amide bonds. The number of carbonyl (C=O) groups is 1. The third-order valence-electron chi connectivity index (χ3n) is 2.45. The molecule has 7 heteroatoms. The summed E-state index contributed by atoms with van der Waals surface area (Å²) < 4.78 is 29.4. The summed E-state index contributed by atoms with van der Waals surface area (Å²) in [6.45, 7) is 4.61. The van der Waals surface area contributed by atoms with Crippen LogP contribution in [0.3, 0.4) is 0 Å². The number of nitrogens with one attached hydrogen (secondary N) is 1. The van der Waals surface area contributed by atoms with Crippen LogP contribution in [-0.2, 0) is 19.6 Å². The third kappa shape index (κ3) is 3.43. The van der Waals surface area contributed by atoms with Gasteiger partial charge in [0.1, 0.15) is 0 Å². The molecule has 1 aliphatic rings. The molecule has 94 valence electrons. The highest BCUT2D eigenvalue weighted by Crippen LogP contribution is 2.10. The molecule has 2 unspecified atom stereocenters. The van der Waals surface area contributed by atoms with Crippen molar-refractivity contribution in [3.63, 3.8) is 0 Å². The molecule has 0 spiro atoms. The zero-order valence-corrected chi connectivity index (χ0v) is 10.6. The second kappa shape index (κ2) is 5.11. The molecule has 0 aliphatic carbocycles. The number of methoxy groups -OCH3 is 1. The average Bonchev–Trinajstić information content (AvgIpc) is 2.15. The van der Waals surface area contributed by atoms with Gasteiger partial charge in [-0.15, -0.1) is 0 Å². The molecular formula is C9H18N2O4S. The largest absolute Gasteiger partial charge is 0.468 e. The van der Waals surface area contributed by atoms with Crippen molar-refractivity contribution in [3.8, 4) is 0 Å². The van der Waals surface area contributed by atoms with Crippen molar-refractivity contribution in [2.45, 2.75) is 25.9 Å². The lowest BCUT2D eigenvalue weighted by Gasteiger charge is -2.34. The Morgan fingerprint density at radius 2 is 1.88 bits per heavy atom. The number of nitrogens with zero attached hydrogens (tertiary/aromatic N) is 1. The molecule has 1 aliphatic heterocycles. The highest BCUT2D eigenvalue weighted by atomic mass is 32.2. The smallest absolute Gasteiger partial charge is 0.322 e. The fraction of sp³-hybridized carbons (Fsp3) is 0.889. The maximum absolute atomic E-state index is 11.8. The van der Waals surface area contributed by atoms with Crippen LogP contribution in [-0.4, -0.2) is 56.7 Å². The van der Waals surface area contributed by atoms with Crippen LogP contribution in [0.15, 0.2) is 0 Å². The van der Waals surface area contributed by atoms with Gasteiger partial charge in [-0.2, -0.15) is 4.31 Å². The lowest BCUT2D eigenvalue weighted by molar-refractivity contribution is -0.137. The van der Waals surface area contributed by atoms with Crippen LogP contribution in [0.1, 0.15) is 13.8 Å². The Bertz CT molecular complexity index is 345. The van der Waals surface area contributed by atoms with Gasteiger partial charge in [-0.3, -0.25) is 4.79 Å². The number of sulfonamides is 1. The summed E-state index contributed by atoms with van der Waals surface area (Å²) in [6.07, 6.45) is 0. The van der Waals surface area contributed by atoms with E-state index < -0.39 is 21.7 Å². The van der Waals surface area contributed by atoms with Crippen LogP contribution in [0.25, 0.3) is 0 Å². The minimum absolute atomic E-state index is 0.0937. The van der Waals surface area contributed by atoms with E-state index in [1.54, 1.807) is 0 Å². The Morgan fingerprint density at radius 1 is 1.38 bits per heavy atom.